The van der Waals surface area contributed by atoms with Crippen molar-refractivity contribution in [2.75, 3.05) is 23.8 Å². The Kier molecular flexibility index (Phi) is 11.0. The maximum absolute atomic E-state index is 14.2. The van der Waals surface area contributed by atoms with Crippen molar-refractivity contribution < 1.29 is 14.6 Å². The van der Waals surface area contributed by atoms with Crippen molar-refractivity contribution in [3.63, 3.8) is 0 Å². The number of amides is 2. The molecule has 0 aliphatic heterocycles. The number of rotatable bonds is 13. The van der Waals surface area contributed by atoms with Gasteiger partial charge >= 0.3 is 6.03 Å². The lowest BCUT2D eigenvalue weighted by molar-refractivity contribution is 0.262. The Balaban J connectivity index is 1.53. The largest absolute Gasteiger partial charge is 0.494 e. The fourth-order valence-electron chi connectivity index (χ4n) is 5.84. The minimum Gasteiger partial charge on any atom is -0.494 e. The highest BCUT2D eigenvalue weighted by Crippen LogP contribution is 2.36. The van der Waals surface area contributed by atoms with Gasteiger partial charge in [0.05, 0.1) is 6.61 Å². The van der Waals surface area contributed by atoms with Crippen LogP contribution in [-0.2, 0) is 13.0 Å². The van der Waals surface area contributed by atoms with Gasteiger partial charge in [0.2, 0.25) is 0 Å². The number of para-hydroxylation sites is 1. The monoisotopic (exact) mass is 633 g/mol. The van der Waals surface area contributed by atoms with E-state index in [-0.39, 0.29) is 30.7 Å². The van der Waals surface area contributed by atoms with Crippen LogP contribution in [0.3, 0.4) is 0 Å². The molecule has 0 aliphatic rings. The lowest BCUT2D eigenvalue weighted by Gasteiger charge is -2.22. The molecule has 3 N–H and O–H groups in total. The number of aryl methyl sites for hydroxylation is 2. The number of anilines is 2. The topological polar surface area (TPSA) is 118 Å². The molecule has 9 nitrogen and oxygen atoms in total. The summed E-state index contributed by atoms with van der Waals surface area (Å²) in [7, 11) is 0. The minimum atomic E-state index is -0.515. The predicted octanol–water partition coefficient (Wildman–Crippen LogP) is 7.74. The lowest BCUT2D eigenvalue weighted by atomic mass is 9.93. The van der Waals surface area contributed by atoms with Crippen LogP contribution in [0.2, 0.25) is 0 Å². The van der Waals surface area contributed by atoms with Crippen LogP contribution in [-0.4, -0.2) is 38.9 Å². The summed E-state index contributed by atoms with van der Waals surface area (Å²) in [5.41, 5.74) is 5.45. The van der Waals surface area contributed by atoms with E-state index in [4.69, 9.17) is 4.74 Å². The third-order valence-electron chi connectivity index (χ3n) is 8.16. The SMILES string of the molecule is CC(C)c1cccc(C(C)C)c1NC(=O)Nc1c(-c2cccc(OCCCc3ccncc3)c2)c2cccnc2n(CCCO)c1=O. The Hall–Kier alpha value is -5.02. The Bertz CT molecular complexity index is 1860. The molecule has 5 aromatic rings. The summed E-state index contributed by atoms with van der Waals surface area (Å²) in [6.45, 7) is 9.02. The van der Waals surface area contributed by atoms with Gasteiger partial charge in [-0.15, -0.1) is 0 Å². The van der Waals surface area contributed by atoms with Gasteiger partial charge in [-0.05, 0) is 89.8 Å². The minimum absolute atomic E-state index is 0.0870. The number of aliphatic hydroxyl groups excluding tert-OH is 1. The van der Waals surface area contributed by atoms with Crippen LogP contribution in [0.1, 0.15) is 69.1 Å². The molecular weight excluding hydrogens is 590 g/mol. The number of benzene rings is 2. The second-order valence-corrected chi connectivity index (χ2v) is 12.2. The third kappa shape index (κ3) is 7.86. The van der Waals surface area contributed by atoms with E-state index in [9.17, 15) is 14.7 Å². The Labute approximate surface area is 275 Å². The molecule has 0 bridgehead atoms. The number of hydrogen-bond acceptors (Lipinski definition) is 6. The number of nitrogens with one attached hydrogen (secondary N) is 2. The summed E-state index contributed by atoms with van der Waals surface area (Å²) in [4.78, 5) is 36.7. The van der Waals surface area contributed by atoms with Crippen LogP contribution in [0.5, 0.6) is 5.75 Å². The van der Waals surface area contributed by atoms with Gasteiger partial charge in [0.15, 0.2) is 0 Å². The number of hydrogen-bond donors (Lipinski definition) is 3. The van der Waals surface area contributed by atoms with Crippen LogP contribution < -0.4 is 20.9 Å². The molecule has 9 heteroatoms. The van der Waals surface area contributed by atoms with Crippen molar-refractivity contribution in [2.45, 2.75) is 65.3 Å². The smallest absolute Gasteiger partial charge is 0.323 e. The summed E-state index contributed by atoms with van der Waals surface area (Å²) in [6, 6.07) is 20.8. The van der Waals surface area contributed by atoms with Gasteiger partial charge < -0.3 is 20.5 Å². The van der Waals surface area contributed by atoms with Crippen molar-refractivity contribution in [1.29, 1.82) is 0 Å². The number of aromatic nitrogens is 3. The molecule has 0 saturated heterocycles. The Morgan fingerprint density at radius 2 is 1.57 bits per heavy atom. The molecular formula is C38H43N5O4. The predicted molar refractivity (Wildman–Crippen MR) is 188 cm³/mol. The summed E-state index contributed by atoms with van der Waals surface area (Å²) in [5, 5.41) is 16.3. The molecule has 244 valence electrons. The van der Waals surface area contributed by atoms with Gasteiger partial charge in [0.25, 0.3) is 5.56 Å². The first kappa shape index (κ1) is 33.3. The van der Waals surface area contributed by atoms with Crippen molar-refractivity contribution in [2.24, 2.45) is 0 Å². The summed E-state index contributed by atoms with van der Waals surface area (Å²) < 4.78 is 7.66. The van der Waals surface area contributed by atoms with Crippen molar-refractivity contribution >= 4 is 28.4 Å². The number of aliphatic hydroxyl groups is 1. The van der Waals surface area contributed by atoms with Gasteiger partial charge in [-0.3, -0.25) is 14.3 Å². The van der Waals surface area contributed by atoms with E-state index in [0.29, 0.717) is 40.9 Å². The first-order chi connectivity index (χ1) is 22.8. The zero-order chi connectivity index (χ0) is 33.3. The van der Waals surface area contributed by atoms with Gasteiger partial charge in [-0.1, -0.05) is 58.0 Å². The van der Waals surface area contributed by atoms with Crippen LogP contribution in [0.25, 0.3) is 22.2 Å². The molecule has 47 heavy (non-hydrogen) atoms. The summed E-state index contributed by atoms with van der Waals surface area (Å²) in [6.07, 6.45) is 7.26. The van der Waals surface area contributed by atoms with E-state index < -0.39 is 11.6 Å². The van der Waals surface area contributed by atoms with Crippen molar-refractivity contribution in [3.8, 4) is 16.9 Å². The van der Waals surface area contributed by atoms with Gasteiger partial charge in [0.1, 0.15) is 17.1 Å². The first-order valence-corrected chi connectivity index (χ1v) is 16.2. The van der Waals surface area contributed by atoms with Crippen LogP contribution in [0.15, 0.2) is 90.1 Å². The summed E-state index contributed by atoms with van der Waals surface area (Å²) >= 11 is 0. The summed E-state index contributed by atoms with van der Waals surface area (Å²) in [5.74, 6) is 1.01. The zero-order valence-corrected chi connectivity index (χ0v) is 27.5. The highest BCUT2D eigenvalue weighted by atomic mass is 16.5. The Morgan fingerprint density at radius 1 is 0.872 bits per heavy atom. The molecule has 0 radical (unpaired) electrons. The van der Waals surface area contributed by atoms with Crippen molar-refractivity contribution in [1.82, 2.24) is 14.5 Å². The van der Waals surface area contributed by atoms with Gasteiger partial charge in [-0.25, -0.2) is 9.78 Å². The van der Waals surface area contributed by atoms with Crippen LogP contribution in [0, 0.1) is 0 Å². The van der Waals surface area contributed by atoms with E-state index in [1.807, 2.05) is 66.7 Å². The highest BCUT2D eigenvalue weighted by molar-refractivity contribution is 6.07. The maximum atomic E-state index is 14.2. The first-order valence-electron chi connectivity index (χ1n) is 16.2. The van der Waals surface area contributed by atoms with Crippen molar-refractivity contribution in [3.05, 3.63) is 112 Å². The van der Waals surface area contributed by atoms with E-state index in [1.54, 1.807) is 18.6 Å². The number of carbonyl (C=O) groups is 1. The average Bonchev–Trinajstić information content (AvgIpc) is 3.07. The number of nitrogens with zero attached hydrogens (tertiary/aromatic N) is 3. The quantitative estimate of drug-likeness (QED) is 0.114. The average molecular weight is 634 g/mol. The number of fused-ring (bicyclic) bond motifs is 1. The van der Waals surface area contributed by atoms with Crippen LogP contribution >= 0.6 is 0 Å². The number of carbonyl (C=O) groups excluding carboxylic acids is 1. The lowest BCUT2D eigenvalue weighted by Crippen LogP contribution is -2.30. The molecule has 2 amide bonds. The van der Waals surface area contributed by atoms with Gasteiger partial charge in [0, 0.05) is 48.4 Å². The van der Waals surface area contributed by atoms with E-state index in [2.05, 4.69) is 48.3 Å². The van der Waals surface area contributed by atoms with E-state index in [0.717, 1.165) is 29.7 Å². The second kappa shape index (κ2) is 15.5. The normalized spacial score (nSPS) is 11.3. The highest BCUT2D eigenvalue weighted by Gasteiger charge is 2.23. The fourth-order valence-corrected chi connectivity index (χ4v) is 5.84. The molecule has 0 aliphatic carbocycles. The maximum Gasteiger partial charge on any atom is 0.323 e. The van der Waals surface area contributed by atoms with Crippen LogP contribution in [0.4, 0.5) is 16.2 Å². The van der Waals surface area contributed by atoms with E-state index >= 15 is 0 Å². The molecule has 5 rings (SSSR count). The second-order valence-electron chi connectivity index (χ2n) is 12.2. The molecule has 0 spiro atoms. The molecule has 0 saturated carbocycles. The number of ether oxygens (including phenoxy) is 1. The molecule has 2 aromatic carbocycles. The molecule has 0 unspecified atom stereocenters. The molecule has 3 aromatic heterocycles. The molecule has 3 heterocycles. The molecule has 0 atom stereocenters. The number of urea groups is 1. The third-order valence-corrected chi connectivity index (χ3v) is 8.16. The van der Waals surface area contributed by atoms with Gasteiger partial charge in [-0.2, -0.15) is 0 Å². The zero-order valence-electron chi connectivity index (χ0n) is 27.5. The number of pyridine rings is 3. The van der Waals surface area contributed by atoms with E-state index in [1.165, 1.54) is 10.1 Å². The standard InChI is InChI=1S/C38H43N5O4/c1-25(2)30-13-6-14-31(26(3)4)34(30)41-38(46)42-35-33(32-15-7-18-40-36(32)43(37(35)45)21-9-22-44)28-11-5-12-29(24-28)47-23-8-10-27-16-19-39-20-17-27/h5-7,11-20,24-26,44H,8-10,21-23H2,1-4H3,(H2,41,42,46). The Morgan fingerprint density at radius 3 is 2.28 bits per heavy atom. The molecule has 0 fully saturated rings. The fraction of sp³-hybridized carbons (Fsp3) is 0.316.